The Hall–Kier alpha value is -2.82. The topological polar surface area (TPSA) is 86.6 Å². The number of rotatable bonds is 3. The van der Waals surface area contributed by atoms with Gasteiger partial charge >= 0.3 is 0 Å². The molecule has 0 aliphatic heterocycles. The van der Waals surface area contributed by atoms with E-state index in [4.69, 9.17) is 0 Å². The number of nitrogens with one attached hydrogen (secondary N) is 1. The van der Waals surface area contributed by atoms with Crippen LogP contribution in [0, 0.1) is 20.8 Å². The molecule has 0 spiro atoms. The highest BCUT2D eigenvalue weighted by molar-refractivity contribution is 5.95. The van der Waals surface area contributed by atoms with Crippen molar-refractivity contribution in [1.29, 1.82) is 0 Å². The summed E-state index contributed by atoms with van der Waals surface area (Å²) in [5.74, 6) is -1.67. The van der Waals surface area contributed by atoms with Crippen LogP contribution in [0.1, 0.15) is 32.6 Å². The monoisotopic (exact) mass is 313 g/mol. The van der Waals surface area contributed by atoms with Gasteiger partial charge in [0.05, 0.1) is 0 Å². The molecule has 2 aromatic rings. The number of aromatic hydroxyl groups is 2. The summed E-state index contributed by atoms with van der Waals surface area (Å²) in [5, 5.41) is 21.9. The van der Waals surface area contributed by atoms with Crippen LogP contribution in [0.15, 0.2) is 35.1 Å². The van der Waals surface area contributed by atoms with E-state index in [9.17, 15) is 19.8 Å². The summed E-state index contributed by atoms with van der Waals surface area (Å²) in [7, 11) is 0. The number of hydrogen-bond donors (Lipinski definition) is 3. The Kier molecular flexibility index (Phi) is 4.69. The predicted octanol–water partition coefficient (Wildman–Crippen LogP) is 2.31. The van der Waals surface area contributed by atoms with Crippen molar-refractivity contribution in [1.82, 2.24) is 5.32 Å². The smallest absolute Gasteiger partial charge is 0.261 e. The van der Waals surface area contributed by atoms with Crippen molar-refractivity contribution in [2.75, 3.05) is 0 Å². The number of amides is 1. The van der Waals surface area contributed by atoms with Gasteiger partial charge in [-0.2, -0.15) is 0 Å². The number of aryl methyl sites for hydroxylation is 3. The highest BCUT2D eigenvalue weighted by atomic mass is 16.3. The predicted molar refractivity (Wildman–Crippen MR) is 87.9 cm³/mol. The third-order valence-corrected chi connectivity index (χ3v) is 3.71. The van der Waals surface area contributed by atoms with Gasteiger partial charge in [0.25, 0.3) is 11.3 Å². The molecule has 0 aliphatic carbocycles. The molecule has 3 N–H and O–H groups in total. The van der Waals surface area contributed by atoms with Gasteiger partial charge in [-0.15, -0.1) is 0 Å². The van der Waals surface area contributed by atoms with Crippen LogP contribution in [0.5, 0.6) is 11.5 Å². The Morgan fingerprint density at radius 2 is 1.65 bits per heavy atom. The van der Waals surface area contributed by atoms with Crippen molar-refractivity contribution < 1.29 is 15.0 Å². The van der Waals surface area contributed by atoms with Gasteiger partial charge in [-0.05, 0) is 49.6 Å². The highest BCUT2D eigenvalue weighted by Crippen LogP contribution is 2.16. The second-order valence-electron chi connectivity index (χ2n) is 5.60. The maximum Gasteiger partial charge on any atom is 0.261 e. The molecular formula is C18H19NO4. The number of hydrogen-bond acceptors (Lipinski definition) is 4. The van der Waals surface area contributed by atoms with Crippen LogP contribution < -0.4 is 10.7 Å². The van der Waals surface area contributed by atoms with Gasteiger partial charge in [-0.1, -0.05) is 23.8 Å². The molecule has 0 bridgehead atoms. The Labute approximate surface area is 134 Å². The summed E-state index contributed by atoms with van der Waals surface area (Å²) in [5.41, 5.74) is 2.84. The van der Waals surface area contributed by atoms with Crippen molar-refractivity contribution in [3.8, 4) is 11.5 Å². The molecule has 5 nitrogen and oxygen atoms in total. The van der Waals surface area contributed by atoms with Gasteiger partial charge in [0, 0.05) is 12.1 Å². The summed E-state index contributed by atoms with van der Waals surface area (Å²) in [6, 6.07) is 8.20. The van der Waals surface area contributed by atoms with Crippen molar-refractivity contribution in [2.45, 2.75) is 27.3 Å². The van der Waals surface area contributed by atoms with Gasteiger partial charge in [-0.3, -0.25) is 9.59 Å². The van der Waals surface area contributed by atoms with E-state index in [0.717, 1.165) is 22.8 Å². The van der Waals surface area contributed by atoms with Gasteiger partial charge in [0.15, 0.2) is 11.5 Å². The van der Waals surface area contributed by atoms with E-state index in [-0.39, 0.29) is 5.56 Å². The number of carbonyl (C=O) groups excluding carboxylic acids is 1. The molecule has 0 aromatic heterocycles. The summed E-state index contributed by atoms with van der Waals surface area (Å²) in [6.07, 6.45) is 0. The van der Waals surface area contributed by atoms with E-state index < -0.39 is 22.8 Å². The van der Waals surface area contributed by atoms with Crippen LogP contribution in [0.3, 0.4) is 0 Å². The third kappa shape index (κ3) is 3.69. The first-order valence-corrected chi connectivity index (χ1v) is 7.21. The van der Waals surface area contributed by atoms with Crippen molar-refractivity contribution >= 4 is 5.91 Å². The summed E-state index contributed by atoms with van der Waals surface area (Å²) >= 11 is 0. The maximum absolute atomic E-state index is 12.3. The van der Waals surface area contributed by atoms with Crippen molar-refractivity contribution in [3.63, 3.8) is 0 Å². The molecule has 0 heterocycles. The molecule has 0 saturated heterocycles. The first-order valence-electron chi connectivity index (χ1n) is 7.21. The quantitative estimate of drug-likeness (QED) is 0.811. The molecule has 0 aliphatic rings. The van der Waals surface area contributed by atoms with E-state index in [1.165, 1.54) is 6.07 Å². The molecule has 23 heavy (non-hydrogen) atoms. The molecule has 5 heteroatoms. The first kappa shape index (κ1) is 16.5. The molecule has 0 atom stereocenters. The maximum atomic E-state index is 12.3. The number of benzene rings is 1. The van der Waals surface area contributed by atoms with Crippen LogP contribution in [-0.4, -0.2) is 16.1 Å². The minimum atomic E-state index is -0.901. The van der Waals surface area contributed by atoms with E-state index in [1.807, 2.05) is 32.0 Å². The lowest BCUT2D eigenvalue weighted by atomic mass is 10.1. The minimum Gasteiger partial charge on any atom is -0.504 e. The Bertz CT molecular complexity index is 828. The summed E-state index contributed by atoms with van der Waals surface area (Å²) in [4.78, 5) is 23.8. The van der Waals surface area contributed by atoms with Gasteiger partial charge in [-0.25, -0.2) is 0 Å². The molecule has 2 aromatic carbocycles. The molecule has 0 saturated carbocycles. The van der Waals surface area contributed by atoms with Crippen LogP contribution in [-0.2, 0) is 6.54 Å². The third-order valence-electron chi connectivity index (χ3n) is 3.71. The zero-order chi connectivity index (χ0) is 17.1. The SMILES string of the molecule is Cc1ccc(CNC(=O)c2cc(O)c(=O)c(O)cc2C)c(C)c1. The van der Waals surface area contributed by atoms with E-state index in [1.54, 1.807) is 6.92 Å². The summed E-state index contributed by atoms with van der Waals surface area (Å²) in [6.45, 7) is 5.89. The normalized spacial score (nSPS) is 10.4. The van der Waals surface area contributed by atoms with E-state index >= 15 is 0 Å². The van der Waals surface area contributed by atoms with E-state index in [2.05, 4.69) is 5.32 Å². The molecule has 2 rings (SSSR count). The second-order valence-corrected chi connectivity index (χ2v) is 5.60. The molecule has 0 radical (unpaired) electrons. The molecule has 0 fully saturated rings. The summed E-state index contributed by atoms with van der Waals surface area (Å²) < 4.78 is 0. The lowest BCUT2D eigenvalue weighted by Gasteiger charge is -2.09. The molecule has 120 valence electrons. The molecule has 1 amide bonds. The highest BCUT2D eigenvalue weighted by Gasteiger charge is 2.13. The fraction of sp³-hybridized carbons (Fsp3) is 0.222. The molecule has 0 unspecified atom stereocenters. The molecular weight excluding hydrogens is 294 g/mol. The van der Waals surface area contributed by atoms with Crippen LogP contribution in [0.25, 0.3) is 0 Å². The average Bonchev–Trinajstić information content (AvgIpc) is 2.58. The zero-order valence-electron chi connectivity index (χ0n) is 13.3. The van der Waals surface area contributed by atoms with Crippen molar-refractivity contribution in [3.05, 3.63) is 68.4 Å². The fourth-order valence-corrected chi connectivity index (χ4v) is 2.36. The van der Waals surface area contributed by atoms with Crippen molar-refractivity contribution in [2.24, 2.45) is 0 Å². The van der Waals surface area contributed by atoms with Gasteiger partial charge < -0.3 is 15.5 Å². The second kappa shape index (κ2) is 6.52. The van der Waals surface area contributed by atoms with Crippen LogP contribution in [0.4, 0.5) is 0 Å². The lowest BCUT2D eigenvalue weighted by molar-refractivity contribution is 0.0950. The standard InChI is InChI=1S/C18H19NO4/c1-10-4-5-13(11(2)6-10)9-19-18(23)14-8-16(21)17(22)15(20)7-12(14)3/h4-8H,9H2,1-3H3,(H,19,23)(H2,20,21,22). The Balaban J connectivity index is 2.27. The first-order chi connectivity index (χ1) is 10.8. The Morgan fingerprint density at radius 1 is 1.00 bits per heavy atom. The van der Waals surface area contributed by atoms with Gasteiger partial charge in [0.2, 0.25) is 0 Å². The fourth-order valence-electron chi connectivity index (χ4n) is 2.36. The zero-order valence-corrected chi connectivity index (χ0v) is 13.3. The average molecular weight is 313 g/mol. The van der Waals surface area contributed by atoms with Gasteiger partial charge in [0.1, 0.15) is 0 Å². The Morgan fingerprint density at radius 3 is 2.30 bits per heavy atom. The number of carbonyl (C=O) groups is 1. The minimum absolute atomic E-state index is 0.143. The van der Waals surface area contributed by atoms with E-state index in [0.29, 0.717) is 12.1 Å². The van der Waals surface area contributed by atoms with Crippen LogP contribution in [0.2, 0.25) is 0 Å². The lowest BCUT2D eigenvalue weighted by Crippen LogP contribution is -2.23. The van der Waals surface area contributed by atoms with Crippen LogP contribution >= 0.6 is 0 Å². The largest absolute Gasteiger partial charge is 0.504 e.